The number of fused-ring (bicyclic) bond motifs is 2. The number of amides is 1. The topological polar surface area (TPSA) is 145 Å². The number of halogens is 1. The number of aliphatic hydroxyl groups is 1. The second kappa shape index (κ2) is 11.7. The number of carbonyl (C=O) groups excluding carboxylic acids is 1. The standard InChI is InChI=1S/C29H36FN5O7S/c1-3-4-5-8-15-33-26(37)34-18-28(39)17-32(43(40,41)23-13-11-21(2)12-14-23)19-29(28,20-35(34)27(33)38)42-25(36)31-16-22-9-6-7-10-24(22)30/h6-7,9-14,39H,3-5,8,15-20H2,1-2H3,(H,31,36)/t28-,29+/m0/s1. The SMILES string of the molecule is CCCCCCn1c(=O)n2n(c1=O)C[C@]1(OC(=O)NCc3ccccc3F)CN(S(=O)(=O)c3ccc(C)cc3)C[C@]1(O)C2. The number of hydrogen-bond acceptors (Lipinski definition) is 7. The summed E-state index contributed by atoms with van der Waals surface area (Å²) in [6.07, 6.45) is 2.33. The molecular formula is C29H36FN5O7S. The molecule has 0 unspecified atom stereocenters. The fourth-order valence-corrected chi connectivity index (χ4v) is 7.32. The molecule has 43 heavy (non-hydrogen) atoms. The van der Waals surface area contributed by atoms with Gasteiger partial charge in [0.25, 0.3) is 0 Å². The highest BCUT2D eigenvalue weighted by Gasteiger charge is 2.65. The molecule has 2 aliphatic rings. The highest BCUT2D eigenvalue weighted by molar-refractivity contribution is 7.89. The molecule has 1 saturated heterocycles. The first kappa shape index (κ1) is 30.7. The number of sulfonamides is 1. The Morgan fingerprint density at radius 2 is 1.65 bits per heavy atom. The van der Waals surface area contributed by atoms with Crippen LogP contribution in [0.1, 0.15) is 43.7 Å². The number of alkyl carbamates (subject to hydrolysis) is 1. The Hall–Kier alpha value is -3.75. The minimum absolute atomic E-state index is 0.0225. The van der Waals surface area contributed by atoms with E-state index >= 15 is 0 Å². The Kier molecular flexibility index (Phi) is 8.38. The fraction of sp³-hybridized carbons (Fsp3) is 0.483. The van der Waals surface area contributed by atoms with Gasteiger partial charge >= 0.3 is 17.5 Å². The predicted octanol–water partition coefficient (Wildman–Crippen LogP) is 1.95. The molecule has 232 valence electrons. The van der Waals surface area contributed by atoms with Crippen LogP contribution in [0.4, 0.5) is 9.18 Å². The lowest BCUT2D eigenvalue weighted by molar-refractivity contribution is -0.159. The Labute approximate surface area is 248 Å². The van der Waals surface area contributed by atoms with Gasteiger partial charge in [-0.25, -0.2) is 41.1 Å². The van der Waals surface area contributed by atoms with Crippen molar-refractivity contribution in [2.75, 3.05) is 13.1 Å². The summed E-state index contributed by atoms with van der Waals surface area (Å²) in [5, 5.41) is 14.5. The maximum atomic E-state index is 14.1. The van der Waals surface area contributed by atoms with E-state index in [1.807, 2.05) is 13.8 Å². The van der Waals surface area contributed by atoms with Crippen molar-refractivity contribution < 1.29 is 27.4 Å². The van der Waals surface area contributed by atoms with Crippen LogP contribution in [-0.2, 0) is 40.9 Å². The lowest BCUT2D eigenvalue weighted by Gasteiger charge is -2.43. The molecule has 2 aromatic carbocycles. The second-order valence-corrected chi connectivity index (χ2v) is 13.3. The van der Waals surface area contributed by atoms with E-state index in [9.17, 15) is 32.3 Å². The minimum atomic E-state index is -4.17. The zero-order valence-corrected chi connectivity index (χ0v) is 25.0. The van der Waals surface area contributed by atoms with Crippen LogP contribution in [0.15, 0.2) is 63.0 Å². The molecule has 5 rings (SSSR count). The van der Waals surface area contributed by atoms with Gasteiger partial charge in [-0.05, 0) is 31.5 Å². The smallest absolute Gasteiger partial charge is 0.408 e. The van der Waals surface area contributed by atoms with E-state index in [-0.39, 0.29) is 23.5 Å². The molecule has 3 aromatic rings. The van der Waals surface area contributed by atoms with Crippen molar-refractivity contribution in [3.8, 4) is 0 Å². The van der Waals surface area contributed by atoms with Crippen LogP contribution >= 0.6 is 0 Å². The summed E-state index contributed by atoms with van der Waals surface area (Å²) in [5.74, 6) is -0.540. The van der Waals surface area contributed by atoms with Crippen molar-refractivity contribution in [3.05, 3.63) is 86.4 Å². The van der Waals surface area contributed by atoms with Crippen molar-refractivity contribution in [3.63, 3.8) is 0 Å². The molecule has 0 radical (unpaired) electrons. The summed E-state index contributed by atoms with van der Waals surface area (Å²) in [4.78, 5) is 39.8. The van der Waals surface area contributed by atoms with Gasteiger partial charge in [0.2, 0.25) is 10.0 Å². The maximum Gasteiger partial charge on any atom is 0.408 e. The average molecular weight is 618 g/mol. The van der Waals surface area contributed by atoms with Crippen molar-refractivity contribution in [2.45, 2.75) is 81.8 Å². The molecule has 2 N–H and O–H groups in total. The van der Waals surface area contributed by atoms with Gasteiger partial charge in [-0.2, -0.15) is 4.31 Å². The summed E-state index contributed by atoms with van der Waals surface area (Å²) in [7, 11) is -4.17. The van der Waals surface area contributed by atoms with Crippen LogP contribution in [0.25, 0.3) is 0 Å². The van der Waals surface area contributed by atoms with Crippen molar-refractivity contribution in [1.82, 2.24) is 23.6 Å². The van der Waals surface area contributed by atoms with Gasteiger partial charge in [0.1, 0.15) is 11.4 Å². The minimum Gasteiger partial charge on any atom is -0.436 e. The first-order chi connectivity index (χ1) is 20.4. The highest BCUT2D eigenvalue weighted by Crippen LogP contribution is 2.42. The van der Waals surface area contributed by atoms with Gasteiger partial charge in [-0.3, -0.25) is 0 Å². The Morgan fingerprint density at radius 1 is 0.977 bits per heavy atom. The fourth-order valence-electron chi connectivity index (χ4n) is 5.78. The van der Waals surface area contributed by atoms with E-state index in [2.05, 4.69) is 5.32 Å². The van der Waals surface area contributed by atoms with Gasteiger partial charge < -0.3 is 15.2 Å². The Balaban J connectivity index is 1.49. The molecule has 0 bridgehead atoms. The van der Waals surface area contributed by atoms with Crippen LogP contribution in [0, 0.1) is 12.7 Å². The number of ether oxygens (including phenoxy) is 1. The monoisotopic (exact) mass is 617 g/mol. The number of unbranched alkanes of at least 4 members (excludes halogenated alkanes) is 3. The lowest BCUT2D eigenvalue weighted by Crippen LogP contribution is -2.66. The molecular weight excluding hydrogens is 581 g/mol. The number of nitrogens with zero attached hydrogens (tertiary/aromatic N) is 4. The third-order valence-electron chi connectivity index (χ3n) is 8.29. The van der Waals surface area contributed by atoms with Crippen molar-refractivity contribution in [1.29, 1.82) is 0 Å². The van der Waals surface area contributed by atoms with Gasteiger partial charge in [0.15, 0.2) is 5.60 Å². The van der Waals surface area contributed by atoms with Crippen molar-refractivity contribution in [2.24, 2.45) is 0 Å². The van der Waals surface area contributed by atoms with E-state index in [1.165, 1.54) is 30.3 Å². The molecule has 1 amide bonds. The first-order valence-electron chi connectivity index (χ1n) is 14.3. The number of aromatic nitrogens is 3. The molecule has 1 fully saturated rings. The van der Waals surface area contributed by atoms with E-state index in [1.54, 1.807) is 18.2 Å². The number of aryl methyl sites for hydroxylation is 1. The molecule has 2 atom stereocenters. The van der Waals surface area contributed by atoms with Gasteiger partial charge in [0, 0.05) is 25.2 Å². The molecule has 14 heteroatoms. The zero-order valence-electron chi connectivity index (χ0n) is 24.2. The Morgan fingerprint density at radius 3 is 2.33 bits per heavy atom. The van der Waals surface area contributed by atoms with Crippen LogP contribution in [-0.4, -0.2) is 62.1 Å². The normalized spacial score (nSPS) is 21.8. The summed E-state index contributed by atoms with van der Waals surface area (Å²) >= 11 is 0. The van der Waals surface area contributed by atoms with Gasteiger partial charge in [-0.1, -0.05) is 62.1 Å². The number of hydrogen-bond donors (Lipinski definition) is 2. The average Bonchev–Trinajstić information content (AvgIpc) is 3.39. The quantitative estimate of drug-likeness (QED) is 0.331. The molecule has 2 aliphatic heterocycles. The molecule has 0 spiro atoms. The second-order valence-electron chi connectivity index (χ2n) is 11.3. The number of benzene rings is 2. The van der Waals surface area contributed by atoms with Crippen molar-refractivity contribution >= 4 is 16.1 Å². The largest absolute Gasteiger partial charge is 0.436 e. The number of rotatable bonds is 10. The molecule has 3 heterocycles. The lowest BCUT2D eigenvalue weighted by atomic mass is 9.84. The zero-order chi connectivity index (χ0) is 31.0. The van der Waals surface area contributed by atoms with E-state index in [0.29, 0.717) is 6.42 Å². The van der Waals surface area contributed by atoms with E-state index in [4.69, 9.17) is 4.74 Å². The molecule has 0 saturated carbocycles. The van der Waals surface area contributed by atoms with Crippen LogP contribution < -0.4 is 16.7 Å². The number of nitrogens with one attached hydrogen (secondary N) is 1. The highest BCUT2D eigenvalue weighted by atomic mass is 32.2. The number of carbonyl (C=O) groups is 1. The van der Waals surface area contributed by atoms with E-state index < -0.39 is 70.7 Å². The Bertz CT molecular complexity index is 1730. The van der Waals surface area contributed by atoms with Crippen LogP contribution in [0.5, 0.6) is 0 Å². The predicted molar refractivity (Wildman–Crippen MR) is 154 cm³/mol. The first-order valence-corrected chi connectivity index (χ1v) is 15.7. The van der Waals surface area contributed by atoms with Crippen LogP contribution in [0.3, 0.4) is 0 Å². The third kappa shape index (κ3) is 5.66. The van der Waals surface area contributed by atoms with Crippen LogP contribution in [0.2, 0.25) is 0 Å². The van der Waals surface area contributed by atoms with E-state index in [0.717, 1.165) is 43.1 Å². The molecule has 1 aromatic heterocycles. The summed E-state index contributed by atoms with van der Waals surface area (Å²) in [6.45, 7) is 1.90. The summed E-state index contributed by atoms with van der Waals surface area (Å²) in [6, 6.07) is 12.0. The number of β-amino-alcohol motifs (C(OH)–C–C–N with tert-alkyl or cyclic N) is 1. The van der Waals surface area contributed by atoms with Gasteiger partial charge in [0.05, 0.1) is 24.5 Å². The maximum absolute atomic E-state index is 14.1. The molecule has 0 aliphatic carbocycles. The van der Waals surface area contributed by atoms with Gasteiger partial charge in [-0.15, -0.1) is 0 Å². The summed E-state index contributed by atoms with van der Waals surface area (Å²) in [5.41, 5.74) is -4.23. The third-order valence-corrected chi connectivity index (χ3v) is 10.1. The molecule has 12 nitrogen and oxygen atoms in total. The summed E-state index contributed by atoms with van der Waals surface area (Å²) < 4.78 is 51.5.